The number of aromatic nitrogens is 2. The Bertz CT molecular complexity index is 1410. The van der Waals surface area contributed by atoms with Gasteiger partial charge in [-0.3, -0.25) is 4.79 Å². The van der Waals surface area contributed by atoms with Crippen LogP contribution >= 0.6 is 15.9 Å². The van der Waals surface area contributed by atoms with E-state index in [0.717, 1.165) is 51.2 Å². The molecule has 1 amide bonds. The summed E-state index contributed by atoms with van der Waals surface area (Å²) >= 11 is 3.48. The van der Waals surface area contributed by atoms with Gasteiger partial charge in [0, 0.05) is 46.1 Å². The number of hydrogen-bond acceptors (Lipinski definition) is 5. The minimum absolute atomic E-state index is 0.0271. The second kappa shape index (κ2) is 8.87. The number of nitrogens with zero attached hydrogens (tertiary/aromatic N) is 3. The number of halogens is 1. The summed E-state index contributed by atoms with van der Waals surface area (Å²) in [5.41, 5.74) is 7.85. The second-order valence-corrected chi connectivity index (χ2v) is 9.68. The third kappa shape index (κ3) is 4.19. The van der Waals surface area contributed by atoms with Crippen LogP contribution in [0.15, 0.2) is 88.4 Å². The molecule has 7 nitrogen and oxygen atoms in total. The van der Waals surface area contributed by atoms with Crippen LogP contribution in [0, 0.1) is 0 Å². The molecule has 0 spiro atoms. The van der Waals surface area contributed by atoms with E-state index in [2.05, 4.69) is 46.0 Å². The first-order chi connectivity index (χ1) is 17.0. The monoisotopic (exact) mass is 530 g/mol. The van der Waals surface area contributed by atoms with Crippen LogP contribution in [0.25, 0.3) is 16.9 Å². The van der Waals surface area contributed by atoms with Crippen LogP contribution in [0.1, 0.15) is 22.9 Å². The Balaban J connectivity index is 1.30. The smallest absolute Gasteiger partial charge is 0.250 e. The molecule has 1 atom stereocenters. The normalized spacial score (nSPS) is 17.2. The number of rotatable bonds is 6. The van der Waals surface area contributed by atoms with Crippen molar-refractivity contribution in [3.8, 4) is 16.9 Å². The lowest BCUT2D eigenvalue weighted by molar-refractivity contribution is -0.128. The second-order valence-electron chi connectivity index (χ2n) is 8.76. The molecule has 4 aromatic rings. The number of allylic oxidation sites excluding steroid dienone is 1. The third-order valence-corrected chi connectivity index (χ3v) is 6.92. The number of ether oxygens (including phenoxy) is 1. The lowest BCUT2D eigenvalue weighted by atomic mass is 10.0. The van der Waals surface area contributed by atoms with Gasteiger partial charge < -0.3 is 19.4 Å². The molecule has 2 aromatic heterocycles. The van der Waals surface area contributed by atoms with Crippen LogP contribution in [-0.4, -0.2) is 33.7 Å². The molecule has 2 aromatic carbocycles. The Morgan fingerprint density at radius 2 is 2.03 bits per heavy atom. The van der Waals surface area contributed by atoms with Crippen LogP contribution in [0.2, 0.25) is 0 Å². The summed E-state index contributed by atoms with van der Waals surface area (Å²) in [6, 6.07) is 16.1. The van der Waals surface area contributed by atoms with Crippen molar-refractivity contribution in [2.45, 2.75) is 19.1 Å². The van der Waals surface area contributed by atoms with E-state index in [4.69, 9.17) is 14.3 Å². The summed E-state index contributed by atoms with van der Waals surface area (Å²) in [7, 11) is 0. The van der Waals surface area contributed by atoms with Crippen molar-refractivity contribution in [1.82, 2.24) is 14.7 Å². The van der Waals surface area contributed by atoms with Crippen molar-refractivity contribution < 1.29 is 13.9 Å². The highest BCUT2D eigenvalue weighted by Crippen LogP contribution is 2.36. The van der Waals surface area contributed by atoms with Crippen molar-refractivity contribution >= 4 is 27.5 Å². The van der Waals surface area contributed by atoms with Gasteiger partial charge in [0.05, 0.1) is 18.2 Å². The van der Waals surface area contributed by atoms with Crippen LogP contribution < -0.4 is 5.32 Å². The van der Waals surface area contributed by atoms with Gasteiger partial charge in [0.1, 0.15) is 12.3 Å². The van der Waals surface area contributed by atoms with E-state index >= 15 is 0 Å². The maximum Gasteiger partial charge on any atom is 0.250 e. The number of benzene rings is 2. The van der Waals surface area contributed by atoms with E-state index in [0.29, 0.717) is 6.54 Å². The average Bonchev–Trinajstić information content (AvgIpc) is 3.63. The fourth-order valence-electron chi connectivity index (χ4n) is 4.66. The van der Waals surface area contributed by atoms with E-state index in [1.54, 1.807) is 17.4 Å². The topological polar surface area (TPSA) is 72.5 Å². The van der Waals surface area contributed by atoms with Crippen LogP contribution in [-0.2, 0) is 22.4 Å². The van der Waals surface area contributed by atoms with Gasteiger partial charge in [-0.05, 0) is 53.9 Å². The molecule has 1 N–H and O–H groups in total. The fourth-order valence-corrected chi connectivity index (χ4v) is 4.92. The molecule has 8 heteroatoms. The van der Waals surface area contributed by atoms with E-state index < -0.39 is 6.23 Å². The van der Waals surface area contributed by atoms with Gasteiger partial charge in [0.2, 0.25) is 0 Å². The largest absolute Gasteiger partial charge is 0.472 e. The lowest BCUT2D eigenvalue weighted by Crippen LogP contribution is -2.30. The number of amides is 1. The Kier molecular flexibility index (Phi) is 5.54. The molecular weight excluding hydrogens is 508 g/mol. The molecule has 0 unspecified atom stereocenters. The van der Waals surface area contributed by atoms with Gasteiger partial charge in [-0.1, -0.05) is 34.6 Å². The molecular formula is C27H23BrN4O3. The Labute approximate surface area is 211 Å². The highest BCUT2D eigenvalue weighted by atomic mass is 79.9. The molecule has 0 saturated carbocycles. The Morgan fingerprint density at radius 3 is 2.83 bits per heavy atom. The highest BCUT2D eigenvalue weighted by Gasteiger charge is 2.36. The first-order valence-electron chi connectivity index (χ1n) is 11.4. The molecule has 2 aliphatic heterocycles. The third-order valence-electron chi connectivity index (χ3n) is 6.39. The number of anilines is 1. The predicted octanol–water partition coefficient (Wildman–Crippen LogP) is 5.48. The molecule has 4 heterocycles. The molecule has 2 aliphatic rings. The number of hydrogen-bond donors (Lipinski definition) is 1. The average molecular weight is 531 g/mol. The minimum atomic E-state index is -0.521. The number of nitrogens with one attached hydrogen (secondary N) is 1. The molecule has 0 bridgehead atoms. The molecule has 35 heavy (non-hydrogen) atoms. The van der Waals surface area contributed by atoms with E-state index in [1.807, 2.05) is 41.2 Å². The minimum Gasteiger partial charge on any atom is -0.472 e. The zero-order valence-electron chi connectivity index (χ0n) is 18.9. The molecule has 176 valence electrons. The molecule has 1 saturated heterocycles. The molecule has 0 radical (unpaired) electrons. The van der Waals surface area contributed by atoms with E-state index in [9.17, 15) is 4.79 Å². The van der Waals surface area contributed by atoms with Crippen molar-refractivity contribution in [1.29, 1.82) is 0 Å². The summed E-state index contributed by atoms with van der Waals surface area (Å²) in [5.74, 6) is -0.0271. The summed E-state index contributed by atoms with van der Waals surface area (Å²) in [4.78, 5) is 14.7. The van der Waals surface area contributed by atoms with Gasteiger partial charge >= 0.3 is 0 Å². The number of fused-ring (bicyclic) bond motifs is 1. The van der Waals surface area contributed by atoms with Crippen molar-refractivity contribution in [2.24, 2.45) is 0 Å². The summed E-state index contributed by atoms with van der Waals surface area (Å²) in [6.07, 6.45) is 6.26. The van der Waals surface area contributed by atoms with Crippen molar-refractivity contribution in [3.05, 3.63) is 101 Å². The Morgan fingerprint density at radius 1 is 1.17 bits per heavy atom. The standard InChI is InChI=1S/C27H23BrN4O3/c1-17-12-20-13-18(2-7-24(20)29-17)8-10-31-25(33)16-35-27(31)23-14-32(22-5-3-21(28)4-6-22)30-26(23)19-9-11-34-15-19/h2-7,9,11,13-15,27,29H,1,8,10,12,16H2/t27-/m1/s1. The maximum absolute atomic E-state index is 12.8. The SMILES string of the molecule is C=C1Cc2cc(CCN3C(=O)CO[C@@H]3c3cn(-c4ccc(Br)cc4)nc3-c3ccoc3)ccc2N1. The zero-order chi connectivity index (χ0) is 23.9. The van der Waals surface area contributed by atoms with Gasteiger partial charge in [-0.2, -0.15) is 5.10 Å². The Hall–Kier alpha value is -3.62. The molecule has 6 rings (SSSR count). The van der Waals surface area contributed by atoms with E-state index in [1.165, 1.54) is 11.1 Å². The quantitative estimate of drug-likeness (QED) is 0.357. The van der Waals surface area contributed by atoms with Crippen molar-refractivity contribution in [2.75, 3.05) is 18.5 Å². The van der Waals surface area contributed by atoms with Gasteiger partial charge in [0.15, 0.2) is 6.23 Å². The van der Waals surface area contributed by atoms with Crippen LogP contribution in [0.4, 0.5) is 5.69 Å². The van der Waals surface area contributed by atoms with E-state index in [-0.39, 0.29) is 12.5 Å². The van der Waals surface area contributed by atoms with Crippen LogP contribution in [0.5, 0.6) is 0 Å². The first kappa shape index (κ1) is 21.9. The van der Waals surface area contributed by atoms with Gasteiger partial charge in [-0.25, -0.2) is 4.68 Å². The first-order valence-corrected chi connectivity index (χ1v) is 12.2. The number of carbonyl (C=O) groups is 1. The zero-order valence-corrected chi connectivity index (χ0v) is 20.5. The van der Waals surface area contributed by atoms with Crippen LogP contribution in [0.3, 0.4) is 0 Å². The van der Waals surface area contributed by atoms with Crippen molar-refractivity contribution in [3.63, 3.8) is 0 Å². The van der Waals surface area contributed by atoms with Gasteiger partial charge in [-0.15, -0.1) is 0 Å². The fraction of sp³-hybridized carbons (Fsp3) is 0.185. The summed E-state index contributed by atoms with van der Waals surface area (Å²) < 4.78 is 14.1. The number of carbonyl (C=O) groups excluding carboxylic acids is 1. The predicted molar refractivity (Wildman–Crippen MR) is 136 cm³/mol. The lowest BCUT2D eigenvalue weighted by Gasteiger charge is -2.23. The summed E-state index contributed by atoms with van der Waals surface area (Å²) in [5, 5.41) is 8.13. The highest BCUT2D eigenvalue weighted by molar-refractivity contribution is 9.10. The molecule has 1 fully saturated rings. The van der Waals surface area contributed by atoms with Gasteiger partial charge in [0.25, 0.3) is 5.91 Å². The molecule has 0 aliphatic carbocycles. The maximum atomic E-state index is 12.8. The number of furan rings is 1. The summed E-state index contributed by atoms with van der Waals surface area (Å²) in [6.45, 7) is 4.62.